The number of carbonyl (C=O) groups is 1. The fourth-order valence-electron chi connectivity index (χ4n) is 3.37. The minimum absolute atomic E-state index is 0.0714. The van der Waals surface area contributed by atoms with Crippen molar-refractivity contribution >= 4 is 17.7 Å². The van der Waals surface area contributed by atoms with E-state index in [-0.39, 0.29) is 12.5 Å². The van der Waals surface area contributed by atoms with E-state index in [1.165, 1.54) is 17.3 Å². The Labute approximate surface area is 182 Å². The summed E-state index contributed by atoms with van der Waals surface area (Å²) in [5.41, 5.74) is 2.25. The molecule has 7 nitrogen and oxygen atoms in total. The topological polar surface area (TPSA) is 81.8 Å². The van der Waals surface area contributed by atoms with Gasteiger partial charge >= 0.3 is 0 Å². The lowest BCUT2D eigenvalue weighted by Gasteiger charge is -2.32. The number of aliphatic hydroxyl groups excluding tert-OH is 1. The molecule has 0 aliphatic carbocycles. The Kier molecular flexibility index (Phi) is 9.20. The number of hydrogen-bond donors (Lipinski definition) is 2. The Hall–Kier alpha value is -1.87. The average molecular weight is 433 g/mol. The Morgan fingerprint density at radius 2 is 2.17 bits per heavy atom. The van der Waals surface area contributed by atoms with Gasteiger partial charge in [0.1, 0.15) is 5.76 Å². The van der Waals surface area contributed by atoms with Crippen LogP contribution in [0.2, 0.25) is 0 Å². The molecule has 2 aromatic rings. The molecule has 1 fully saturated rings. The van der Waals surface area contributed by atoms with E-state index in [1.54, 1.807) is 6.26 Å². The molecule has 0 aromatic carbocycles. The van der Waals surface area contributed by atoms with Gasteiger partial charge in [0, 0.05) is 51.2 Å². The van der Waals surface area contributed by atoms with Crippen molar-refractivity contribution in [2.75, 3.05) is 45.5 Å². The first kappa shape index (κ1) is 22.8. The molecule has 1 amide bonds. The lowest BCUT2D eigenvalue weighted by molar-refractivity contribution is -0.119. The molecule has 164 valence electrons. The first-order valence-electron chi connectivity index (χ1n) is 10.5. The summed E-state index contributed by atoms with van der Waals surface area (Å²) >= 11 is 1.49. The number of amides is 1. The van der Waals surface area contributed by atoms with Gasteiger partial charge in [-0.1, -0.05) is 0 Å². The van der Waals surface area contributed by atoms with Gasteiger partial charge < -0.3 is 19.7 Å². The predicted octanol–water partition coefficient (Wildman–Crippen LogP) is 1.77. The number of likely N-dealkylation sites (N-methyl/N-ethyl adjacent to an activating group) is 1. The molecule has 2 aromatic heterocycles. The van der Waals surface area contributed by atoms with E-state index >= 15 is 0 Å². The van der Waals surface area contributed by atoms with Crippen LogP contribution in [0, 0.1) is 0 Å². The van der Waals surface area contributed by atoms with Gasteiger partial charge in [0.05, 0.1) is 23.9 Å². The van der Waals surface area contributed by atoms with Crippen LogP contribution in [0.1, 0.15) is 23.4 Å². The lowest BCUT2D eigenvalue weighted by Crippen LogP contribution is -2.43. The van der Waals surface area contributed by atoms with Gasteiger partial charge in [-0.2, -0.15) is 0 Å². The highest BCUT2D eigenvalue weighted by Crippen LogP contribution is 2.12. The largest absolute Gasteiger partial charge is 0.468 e. The Morgan fingerprint density at radius 3 is 2.93 bits per heavy atom. The number of aromatic nitrogens is 1. The van der Waals surface area contributed by atoms with Crippen LogP contribution in [-0.2, 0) is 23.5 Å². The zero-order valence-corrected chi connectivity index (χ0v) is 18.4. The van der Waals surface area contributed by atoms with Crippen molar-refractivity contribution in [3.63, 3.8) is 0 Å². The third-order valence-electron chi connectivity index (χ3n) is 5.21. The smallest absolute Gasteiger partial charge is 0.230 e. The normalized spacial score (nSPS) is 16.5. The van der Waals surface area contributed by atoms with Crippen molar-refractivity contribution in [3.05, 3.63) is 53.7 Å². The third-order valence-corrected chi connectivity index (χ3v) is 6.16. The second-order valence-electron chi connectivity index (χ2n) is 7.80. The number of rotatable bonds is 11. The SMILES string of the molecule is CN1CCN(Cc2ccnc(CCC(O)CNC(=O)CSCc3ccco3)c2)CC1. The van der Waals surface area contributed by atoms with Gasteiger partial charge in [0.15, 0.2) is 0 Å². The van der Waals surface area contributed by atoms with E-state index in [0.29, 0.717) is 24.3 Å². The van der Waals surface area contributed by atoms with Gasteiger partial charge in [0.25, 0.3) is 0 Å². The van der Waals surface area contributed by atoms with Gasteiger partial charge in [-0.3, -0.25) is 14.7 Å². The quantitative estimate of drug-likeness (QED) is 0.560. The third kappa shape index (κ3) is 8.10. The molecule has 30 heavy (non-hydrogen) atoms. The van der Waals surface area contributed by atoms with Crippen molar-refractivity contribution < 1.29 is 14.3 Å². The molecule has 3 heterocycles. The summed E-state index contributed by atoms with van der Waals surface area (Å²) in [6.07, 6.45) is 4.17. The number of aryl methyl sites for hydroxylation is 1. The fourth-order valence-corrected chi connectivity index (χ4v) is 4.12. The molecule has 1 aliphatic heterocycles. The van der Waals surface area contributed by atoms with E-state index in [2.05, 4.69) is 39.3 Å². The minimum atomic E-state index is -0.577. The van der Waals surface area contributed by atoms with E-state index in [9.17, 15) is 9.90 Å². The standard InChI is InChI=1S/C22H32N4O3S/c1-25-8-10-26(11-9-25)15-18-6-7-23-19(13-18)4-5-20(27)14-24-22(28)17-30-16-21-3-2-12-29-21/h2-3,6-7,12-13,20,27H,4-5,8-11,14-17H2,1H3,(H,24,28). The Balaban J connectivity index is 1.32. The number of hydrogen-bond acceptors (Lipinski definition) is 7. The molecular weight excluding hydrogens is 400 g/mol. The molecule has 8 heteroatoms. The molecule has 0 bridgehead atoms. The van der Waals surface area contributed by atoms with Crippen LogP contribution < -0.4 is 5.32 Å². The zero-order chi connectivity index (χ0) is 21.2. The lowest BCUT2D eigenvalue weighted by atomic mass is 10.1. The molecule has 1 atom stereocenters. The molecule has 0 spiro atoms. The van der Waals surface area contributed by atoms with Crippen LogP contribution in [0.15, 0.2) is 41.1 Å². The van der Waals surface area contributed by atoms with Crippen molar-refractivity contribution in [1.82, 2.24) is 20.1 Å². The van der Waals surface area contributed by atoms with Crippen LogP contribution in [-0.4, -0.2) is 77.4 Å². The summed E-state index contributed by atoms with van der Waals surface area (Å²) in [7, 11) is 2.16. The highest BCUT2D eigenvalue weighted by molar-refractivity contribution is 7.99. The molecule has 0 radical (unpaired) electrons. The van der Waals surface area contributed by atoms with E-state index in [0.717, 1.165) is 44.2 Å². The average Bonchev–Trinajstić information content (AvgIpc) is 3.26. The molecule has 0 saturated carbocycles. The maximum Gasteiger partial charge on any atom is 0.230 e. The van der Waals surface area contributed by atoms with E-state index in [4.69, 9.17) is 4.42 Å². The van der Waals surface area contributed by atoms with Gasteiger partial charge in [-0.15, -0.1) is 11.8 Å². The highest BCUT2D eigenvalue weighted by Gasteiger charge is 2.14. The van der Waals surface area contributed by atoms with Crippen molar-refractivity contribution in [2.45, 2.75) is 31.2 Å². The number of nitrogens with one attached hydrogen (secondary N) is 1. The summed E-state index contributed by atoms with van der Waals surface area (Å²) in [4.78, 5) is 21.2. The maximum absolute atomic E-state index is 11.9. The number of thioether (sulfide) groups is 1. The van der Waals surface area contributed by atoms with Crippen molar-refractivity contribution in [3.8, 4) is 0 Å². The molecule has 3 rings (SSSR count). The van der Waals surface area contributed by atoms with Crippen LogP contribution >= 0.6 is 11.8 Å². The summed E-state index contributed by atoms with van der Waals surface area (Å²) in [6.45, 7) is 5.60. The molecule has 2 N–H and O–H groups in total. The molecular formula is C22H32N4O3S. The number of piperazine rings is 1. The highest BCUT2D eigenvalue weighted by atomic mass is 32.2. The van der Waals surface area contributed by atoms with Crippen LogP contribution in [0.3, 0.4) is 0 Å². The molecule has 1 saturated heterocycles. The summed E-state index contributed by atoms with van der Waals surface area (Å²) < 4.78 is 5.24. The zero-order valence-electron chi connectivity index (χ0n) is 17.6. The van der Waals surface area contributed by atoms with Crippen molar-refractivity contribution in [1.29, 1.82) is 0 Å². The van der Waals surface area contributed by atoms with Gasteiger partial charge in [0.2, 0.25) is 5.91 Å². The van der Waals surface area contributed by atoms with Gasteiger partial charge in [-0.25, -0.2) is 0 Å². The fraction of sp³-hybridized carbons (Fsp3) is 0.545. The van der Waals surface area contributed by atoms with Crippen LogP contribution in [0.5, 0.6) is 0 Å². The van der Waals surface area contributed by atoms with Crippen molar-refractivity contribution in [2.24, 2.45) is 0 Å². The van der Waals surface area contributed by atoms with Crippen LogP contribution in [0.25, 0.3) is 0 Å². The Morgan fingerprint density at radius 1 is 1.33 bits per heavy atom. The number of nitrogens with zero attached hydrogens (tertiary/aromatic N) is 3. The second-order valence-corrected chi connectivity index (χ2v) is 8.79. The second kappa shape index (κ2) is 12.1. The van der Waals surface area contributed by atoms with E-state index < -0.39 is 6.10 Å². The van der Waals surface area contributed by atoms with Crippen LogP contribution in [0.4, 0.5) is 0 Å². The summed E-state index contributed by atoms with van der Waals surface area (Å²) in [5.74, 6) is 1.80. The Bertz CT molecular complexity index is 764. The predicted molar refractivity (Wildman–Crippen MR) is 119 cm³/mol. The monoisotopic (exact) mass is 432 g/mol. The number of carbonyl (C=O) groups excluding carboxylic acids is 1. The molecule has 1 unspecified atom stereocenters. The number of furan rings is 1. The summed E-state index contributed by atoms with van der Waals surface area (Å²) in [6, 6.07) is 7.93. The number of pyridine rings is 1. The van der Waals surface area contributed by atoms with Gasteiger partial charge in [-0.05, 0) is 49.7 Å². The maximum atomic E-state index is 11.9. The number of aliphatic hydroxyl groups is 1. The summed E-state index contributed by atoms with van der Waals surface area (Å²) in [5, 5.41) is 13.0. The van der Waals surface area contributed by atoms with E-state index in [1.807, 2.05) is 18.3 Å². The minimum Gasteiger partial charge on any atom is -0.468 e. The first-order valence-corrected chi connectivity index (χ1v) is 11.6. The first-order chi connectivity index (χ1) is 14.6. The molecule has 1 aliphatic rings.